The van der Waals surface area contributed by atoms with E-state index in [0.29, 0.717) is 22.1 Å². The Balaban J connectivity index is 1.83. The van der Waals surface area contributed by atoms with Crippen molar-refractivity contribution in [1.82, 2.24) is 4.90 Å². The molecule has 0 bridgehead atoms. The lowest BCUT2D eigenvalue weighted by molar-refractivity contribution is 0.103. The molecular formula is C24H20ClNO2. The average Bonchev–Trinajstić information content (AvgIpc) is 2.96. The van der Waals surface area contributed by atoms with E-state index in [-0.39, 0.29) is 11.7 Å². The molecule has 28 heavy (non-hydrogen) atoms. The Kier molecular flexibility index (Phi) is 4.93. The van der Waals surface area contributed by atoms with Crippen molar-refractivity contribution in [3.05, 3.63) is 106 Å². The Hall–Kier alpha value is -3.04. The first-order valence-corrected chi connectivity index (χ1v) is 9.46. The van der Waals surface area contributed by atoms with E-state index in [1.807, 2.05) is 61.6 Å². The zero-order valence-corrected chi connectivity index (χ0v) is 16.5. The summed E-state index contributed by atoms with van der Waals surface area (Å²) in [6, 6.07) is 23.0. The van der Waals surface area contributed by atoms with Crippen LogP contribution in [0.4, 0.5) is 0 Å². The molecule has 0 aromatic heterocycles. The van der Waals surface area contributed by atoms with Crippen molar-refractivity contribution < 1.29 is 9.53 Å². The molecule has 3 aromatic rings. The molecule has 0 aliphatic heterocycles. The van der Waals surface area contributed by atoms with Gasteiger partial charge in [0.15, 0.2) is 5.78 Å². The number of carbonyl (C=O) groups excluding carboxylic acids is 1. The van der Waals surface area contributed by atoms with Crippen LogP contribution >= 0.6 is 11.6 Å². The molecule has 0 amide bonds. The number of hydrogen-bond donors (Lipinski definition) is 0. The predicted molar refractivity (Wildman–Crippen MR) is 112 cm³/mol. The van der Waals surface area contributed by atoms with Crippen molar-refractivity contribution in [2.24, 2.45) is 0 Å². The van der Waals surface area contributed by atoms with Gasteiger partial charge in [-0.1, -0.05) is 54.1 Å². The number of ketones is 1. The van der Waals surface area contributed by atoms with E-state index < -0.39 is 0 Å². The lowest BCUT2D eigenvalue weighted by atomic mass is 9.90. The number of fused-ring (bicyclic) bond motifs is 1. The number of Topliss-reactive ketones (excluding diaryl/α,β-unsaturated/α-hetero) is 1. The van der Waals surface area contributed by atoms with Crippen LogP contribution in [0.5, 0.6) is 11.5 Å². The number of allylic oxidation sites excluding steroid dienone is 1. The van der Waals surface area contributed by atoms with Gasteiger partial charge in [-0.2, -0.15) is 0 Å². The lowest BCUT2D eigenvalue weighted by Crippen LogP contribution is -2.09. The molecule has 0 radical (unpaired) electrons. The van der Waals surface area contributed by atoms with Gasteiger partial charge in [0.05, 0.1) is 5.56 Å². The van der Waals surface area contributed by atoms with E-state index in [1.54, 1.807) is 24.3 Å². The summed E-state index contributed by atoms with van der Waals surface area (Å²) in [7, 11) is 3.85. The molecule has 140 valence electrons. The zero-order valence-electron chi connectivity index (χ0n) is 15.7. The largest absolute Gasteiger partial charge is 0.457 e. The van der Waals surface area contributed by atoms with Crippen LogP contribution in [-0.4, -0.2) is 24.8 Å². The van der Waals surface area contributed by atoms with Crippen LogP contribution in [0.3, 0.4) is 0 Å². The highest BCUT2D eigenvalue weighted by Crippen LogP contribution is 2.46. The minimum atomic E-state index is -0.111. The fraction of sp³-hybridized carbons (Fsp3) is 0.125. The fourth-order valence-corrected chi connectivity index (χ4v) is 3.73. The molecule has 1 aliphatic carbocycles. The molecule has 0 unspecified atom stereocenters. The van der Waals surface area contributed by atoms with Gasteiger partial charge in [0, 0.05) is 36.8 Å². The number of ether oxygens (including phenoxy) is 1. The van der Waals surface area contributed by atoms with Gasteiger partial charge in [-0.05, 0) is 41.5 Å². The van der Waals surface area contributed by atoms with Crippen LogP contribution in [0, 0.1) is 0 Å². The molecule has 3 aromatic carbocycles. The van der Waals surface area contributed by atoms with E-state index in [4.69, 9.17) is 16.3 Å². The van der Waals surface area contributed by atoms with Crippen LogP contribution < -0.4 is 4.74 Å². The highest BCUT2D eigenvalue weighted by molar-refractivity contribution is 6.30. The number of carbonyl (C=O) groups is 1. The number of rotatable bonds is 4. The number of halogens is 1. The van der Waals surface area contributed by atoms with Gasteiger partial charge in [0.25, 0.3) is 0 Å². The quantitative estimate of drug-likeness (QED) is 0.520. The zero-order chi connectivity index (χ0) is 19.7. The fourth-order valence-electron chi connectivity index (χ4n) is 3.61. The third kappa shape index (κ3) is 3.41. The van der Waals surface area contributed by atoms with Gasteiger partial charge < -0.3 is 9.64 Å². The maximum atomic E-state index is 13.4. The van der Waals surface area contributed by atoms with Crippen molar-refractivity contribution in [2.75, 3.05) is 14.1 Å². The Labute approximate surface area is 169 Å². The van der Waals surface area contributed by atoms with E-state index in [9.17, 15) is 4.79 Å². The number of benzene rings is 3. The first kappa shape index (κ1) is 18.3. The average molecular weight is 390 g/mol. The van der Waals surface area contributed by atoms with Gasteiger partial charge in [-0.25, -0.2) is 0 Å². The van der Waals surface area contributed by atoms with E-state index in [0.717, 1.165) is 16.7 Å². The second-order valence-electron chi connectivity index (χ2n) is 7.00. The minimum absolute atomic E-state index is 0.00196. The summed E-state index contributed by atoms with van der Waals surface area (Å²) in [6.45, 7) is 0. The van der Waals surface area contributed by atoms with Crippen molar-refractivity contribution in [3.8, 4) is 11.5 Å². The summed E-state index contributed by atoms with van der Waals surface area (Å²) in [5.74, 6) is 1.10. The van der Waals surface area contributed by atoms with Crippen molar-refractivity contribution in [3.63, 3.8) is 0 Å². The molecule has 1 atom stereocenters. The van der Waals surface area contributed by atoms with Gasteiger partial charge in [0.1, 0.15) is 11.5 Å². The Morgan fingerprint density at radius 1 is 0.929 bits per heavy atom. The summed E-state index contributed by atoms with van der Waals surface area (Å²) in [5, 5.41) is 0.641. The minimum Gasteiger partial charge on any atom is -0.457 e. The number of hydrogen-bond acceptors (Lipinski definition) is 3. The summed E-state index contributed by atoms with van der Waals surface area (Å²) in [4.78, 5) is 15.3. The van der Waals surface area contributed by atoms with Crippen molar-refractivity contribution >= 4 is 17.4 Å². The van der Waals surface area contributed by atoms with Gasteiger partial charge in [-0.15, -0.1) is 0 Å². The maximum Gasteiger partial charge on any atom is 0.195 e. The number of nitrogens with zero attached hydrogens (tertiary/aromatic N) is 1. The molecular weight excluding hydrogens is 370 g/mol. The van der Waals surface area contributed by atoms with Crippen LogP contribution in [0.25, 0.3) is 0 Å². The lowest BCUT2D eigenvalue weighted by Gasteiger charge is -2.16. The van der Waals surface area contributed by atoms with E-state index in [2.05, 4.69) is 12.1 Å². The van der Waals surface area contributed by atoms with Crippen LogP contribution in [0.2, 0.25) is 5.02 Å². The Bertz CT molecular complexity index is 1040. The molecule has 1 aliphatic rings. The molecule has 0 spiro atoms. The molecule has 3 nitrogen and oxygen atoms in total. The second-order valence-corrected chi connectivity index (χ2v) is 7.43. The summed E-state index contributed by atoms with van der Waals surface area (Å²) >= 11 is 5.96. The molecule has 0 saturated heterocycles. The molecule has 0 N–H and O–H groups in total. The Morgan fingerprint density at radius 3 is 2.32 bits per heavy atom. The molecule has 4 heteroatoms. The molecule has 0 saturated carbocycles. The van der Waals surface area contributed by atoms with Gasteiger partial charge in [0.2, 0.25) is 0 Å². The first-order valence-electron chi connectivity index (χ1n) is 9.08. The van der Waals surface area contributed by atoms with Gasteiger partial charge in [-0.3, -0.25) is 4.79 Å². The van der Waals surface area contributed by atoms with E-state index >= 15 is 0 Å². The first-order chi connectivity index (χ1) is 13.5. The van der Waals surface area contributed by atoms with Crippen LogP contribution in [0.1, 0.15) is 27.4 Å². The van der Waals surface area contributed by atoms with Crippen LogP contribution in [-0.2, 0) is 0 Å². The molecule has 0 fully saturated rings. The van der Waals surface area contributed by atoms with E-state index in [1.165, 1.54) is 0 Å². The monoisotopic (exact) mass is 389 g/mol. The van der Waals surface area contributed by atoms with Crippen molar-refractivity contribution in [1.29, 1.82) is 0 Å². The smallest absolute Gasteiger partial charge is 0.195 e. The molecule has 4 rings (SSSR count). The van der Waals surface area contributed by atoms with Crippen molar-refractivity contribution in [2.45, 2.75) is 5.92 Å². The second kappa shape index (κ2) is 7.53. The third-order valence-electron chi connectivity index (χ3n) is 4.74. The topological polar surface area (TPSA) is 29.5 Å². The maximum absolute atomic E-state index is 13.4. The standard InChI is InChI=1S/C24H20ClNO2/c1-26(2)15-20-22(16-7-4-3-5-8-16)19-9-6-10-21(23(19)24(20)27)28-18-13-11-17(25)12-14-18/h3-15,22H,1-2H3/t22-/m0/s1. The highest BCUT2D eigenvalue weighted by atomic mass is 35.5. The summed E-state index contributed by atoms with van der Waals surface area (Å²) < 4.78 is 6.06. The summed E-state index contributed by atoms with van der Waals surface area (Å²) in [6.07, 6.45) is 1.91. The predicted octanol–water partition coefficient (Wildman–Crippen LogP) is 5.91. The third-order valence-corrected chi connectivity index (χ3v) is 4.99. The highest BCUT2D eigenvalue weighted by Gasteiger charge is 2.38. The van der Waals surface area contributed by atoms with Crippen LogP contribution in [0.15, 0.2) is 84.6 Å². The molecule has 0 heterocycles. The summed E-state index contributed by atoms with van der Waals surface area (Å²) in [5.41, 5.74) is 3.43. The Morgan fingerprint density at radius 2 is 1.64 bits per heavy atom. The normalized spacial score (nSPS) is 16.9. The SMILES string of the molecule is CN(C)C=C1C(=O)c2c(Oc3ccc(Cl)cc3)cccc2[C@@H]1c1ccccc1. The van der Waals surface area contributed by atoms with Gasteiger partial charge >= 0.3 is 0 Å².